The number of benzene rings is 2. The second kappa shape index (κ2) is 17.6. The van der Waals surface area contributed by atoms with Crippen molar-refractivity contribution in [1.29, 1.82) is 0 Å². The largest absolute Gasteiger partial charge is 0.400 e. The summed E-state index contributed by atoms with van der Waals surface area (Å²) in [6.45, 7) is 20.1. The number of rotatable bonds is 5. The van der Waals surface area contributed by atoms with E-state index >= 15 is 0 Å². The molecule has 0 heterocycles. The summed E-state index contributed by atoms with van der Waals surface area (Å²) in [7, 11) is 2.83. The van der Waals surface area contributed by atoms with Gasteiger partial charge in [-0.2, -0.15) is 0 Å². The molecular formula is C27H41NO. The van der Waals surface area contributed by atoms with Gasteiger partial charge in [-0.05, 0) is 61.9 Å². The number of aryl methyl sites for hydroxylation is 1. The van der Waals surface area contributed by atoms with Crippen LogP contribution in [0.1, 0.15) is 63.8 Å². The Bertz CT molecular complexity index is 739. The summed E-state index contributed by atoms with van der Waals surface area (Å²) < 4.78 is 0. The van der Waals surface area contributed by atoms with Gasteiger partial charge in [0.25, 0.3) is 0 Å². The highest BCUT2D eigenvalue weighted by molar-refractivity contribution is 5.98. The van der Waals surface area contributed by atoms with E-state index in [-0.39, 0.29) is 0 Å². The molecule has 0 fully saturated rings. The predicted molar refractivity (Wildman–Crippen MR) is 133 cm³/mol. The lowest BCUT2D eigenvalue weighted by Crippen LogP contribution is -1.94. The van der Waals surface area contributed by atoms with Gasteiger partial charge in [-0.15, -0.1) is 0 Å². The van der Waals surface area contributed by atoms with Crippen molar-refractivity contribution in [2.75, 3.05) is 14.2 Å². The molecule has 0 bridgehead atoms. The molecule has 2 aromatic carbocycles. The van der Waals surface area contributed by atoms with Crippen LogP contribution in [0.25, 0.3) is 5.57 Å². The van der Waals surface area contributed by atoms with Crippen molar-refractivity contribution in [3.63, 3.8) is 0 Å². The van der Waals surface area contributed by atoms with Gasteiger partial charge < -0.3 is 5.11 Å². The Kier molecular flexibility index (Phi) is 17.5. The summed E-state index contributed by atoms with van der Waals surface area (Å²) in [5.74, 6) is 0. The van der Waals surface area contributed by atoms with Gasteiger partial charge in [0, 0.05) is 19.9 Å². The number of hydrogen-bond donors (Lipinski definition) is 1. The predicted octanol–water partition coefficient (Wildman–Crippen LogP) is 7.16. The lowest BCUT2D eigenvalue weighted by Gasteiger charge is -2.03. The Hall–Kier alpha value is -2.45. The average molecular weight is 396 g/mol. The van der Waals surface area contributed by atoms with Gasteiger partial charge in [0.15, 0.2) is 0 Å². The monoisotopic (exact) mass is 395 g/mol. The molecule has 0 aliphatic rings. The third-order valence-corrected chi connectivity index (χ3v) is 4.04. The molecule has 0 amide bonds. The summed E-state index contributed by atoms with van der Waals surface area (Å²) in [5, 5.41) is 7.00. The molecule has 2 nitrogen and oxygen atoms in total. The van der Waals surface area contributed by atoms with Crippen LogP contribution in [0.3, 0.4) is 0 Å². The maximum atomic E-state index is 7.00. The van der Waals surface area contributed by atoms with Gasteiger partial charge in [0.05, 0.1) is 0 Å². The lowest BCUT2D eigenvalue weighted by atomic mass is 10.0. The minimum Gasteiger partial charge on any atom is -0.400 e. The number of aliphatic hydroxyl groups excluding tert-OH is 1. The normalized spacial score (nSPS) is 9.62. The molecule has 0 saturated heterocycles. The van der Waals surface area contributed by atoms with Crippen molar-refractivity contribution in [3.8, 4) is 0 Å². The maximum Gasteiger partial charge on any atom is 0.0386 e. The van der Waals surface area contributed by atoms with E-state index in [4.69, 9.17) is 5.11 Å². The third kappa shape index (κ3) is 12.6. The zero-order valence-corrected chi connectivity index (χ0v) is 19.8. The van der Waals surface area contributed by atoms with Crippen LogP contribution < -0.4 is 0 Å². The van der Waals surface area contributed by atoms with Crippen LogP contribution in [0.2, 0.25) is 0 Å². The zero-order chi connectivity index (χ0) is 22.8. The fourth-order valence-electron chi connectivity index (χ4n) is 2.40. The molecule has 2 aromatic rings. The number of allylic oxidation sites excluding steroid dienone is 2. The number of aliphatic hydroxyl groups is 1. The van der Waals surface area contributed by atoms with Crippen LogP contribution in [-0.4, -0.2) is 25.0 Å². The van der Waals surface area contributed by atoms with Crippen molar-refractivity contribution >= 4 is 11.3 Å². The summed E-state index contributed by atoms with van der Waals surface area (Å²) in [6, 6.07) is 17.0. The van der Waals surface area contributed by atoms with Gasteiger partial charge in [-0.25, -0.2) is 0 Å². The minimum atomic E-state index is 0.969. The minimum absolute atomic E-state index is 0.969. The highest BCUT2D eigenvalue weighted by Gasteiger charge is 1.96. The second-order valence-corrected chi connectivity index (χ2v) is 6.47. The average Bonchev–Trinajstić information content (AvgIpc) is 2.76. The van der Waals surface area contributed by atoms with E-state index in [1.807, 2.05) is 41.7 Å². The first-order chi connectivity index (χ1) is 13.9. The summed E-state index contributed by atoms with van der Waals surface area (Å²) >= 11 is 0. The van der Waals surface area contributed by atoms with E-state index < -0.39 is 0 Å². The van der Waals surface area contributed by atoms with E-state index in [0.29, 0.717) is 0 Å². The van der Waals surface area contributed by atoms with Gasteiger partial charge >= 0.3 is 0 Å². The Morgan fingerprint density at radius 1 is 0.862 bits per heavy atom. The highest BCUT2D eigenvalue weighted by atomic mass is 16.2. The van der Waals surface area contributed by atoms with Crippen LogP contribution in [0, 0.1) is 0 Å². The fourth-order valence-corrected chi connectivity index (χ4v) is 2.40. The van der Waals surface area contributed by atoms with Crippen LogP contribution in [-0.2, 0) is 12.8 Å². The molecule has 160 valence electrons. The van der Waals surface area contributed by atoms with E-state index in [0.717, 1.165) is 31.2 Å². The molecule has 2 rings (SSSR count). The van der Waals surface area contributed by atoms with E-state index in [2.05, 4.69) is 73.6 Å². The molecule has 0 saturated carbocycles. The molecule has 1 N–H and O–H groups in total. The summed E-state index contributed by atoms with van der Waals surface area (Å²) in [4.78, 5) is 4.15. The van der Waals surface area contributed by atoms with Gasteiger partial charge in [0.1, 0.15) is 0 Å². The molecular weight excluding hydrogens is 354 g/mol. The SMILES string of the molecule is C=C(C)Cc1ccc(C(=C)C)cc1.CC.CCc1cccc(C(C)=NC)c1.CO. The molecule has 0 unspecified atom stereocenters. The standard InChI is InChI=1S/C13H16.C11H15N.C2H6.CH4O/c1-10(2)9-12-5-7-13(8-6-12)11(3)4;1-4-10-6-5-7-11(8-10)9(2)12-3;2*1-2/h5-8H,1,3,9H2,2,4H3;5-8H,4H2,1-3H3;1-2H3;2H,1H3. The second-order valence-electron chi connectivity index (χ2n) is 6.47. The smallest absolute Gasteiger partial charge is 0.0386 e. The van der Waals surface area contributed by atoms with Crippen LogP contribution in [0.15, 0.2) is 72.3 Å². The zero-order valence-electron chi connectivity index (χ0n) is 19.8. The first-order valence-electron chi connectivity index (χ1n) is 10.2. The third-order valence-electron chi connectivity index (χ3n) is 4.04. The first kappa shape index (κ1) is 28.8. The van der Waals surface area contributed by atoms with Crippen molar-refractivity contribution in [2.24, 2.45) is 4.99 Å². The van der Waals surface area contributed by atoms with E-state index in [1.54, 1.807) is 0 Å². The topological polar surface area (TPSA) is 32.6 Å². The van der Waals surface area contributed by atoms with Gasteiger partial charge in [-0.3, -0.25) is 4.99 Å². The fraction of sp³-hybridized carbons (Fsp3) is 0.370. The van der Waals surface area contributed by atoms with E-state index in [1.165, 1.54) is 27.8 Å². The van der Waals surface area contributed by atoms with Crippen LogP contribution >= 0.6 is 0 Å². The molecule has 0 radical (unpaired) electrons. The van der Waals surface area contributed by atoms with Crippen molar-refractivity contribution in [2.45, 2.75) is 54.4 Å². The molecule has 0 aliphatic carbocycles. The lowest BCUT2D eigenvalue weighted by molar-refractivity contribution is 0.399. The molecule has 0 atom stereocenters. The Morgan fingerprint density at radius 2 is 1.41 bits per heavy atom. The summed E-state index contributed by atoms with van der Waals surface area (Å²) in [6.07, 6.45) is 2.06. The van der Waals surface area contributed by atoms with Crippen molar-refractivity contribution in [1.82, 2.24) is 0 Å². The molecule has 29 heavy (non-hydrogen) atoms. The molecule has 2 heteroatoms. The van der Waals surface area contributed by atoms with Crippen LogP contribution in [0.4, 0.5) is 0 Å². The first-order valence-corrected chi connectivity index (χ1v) is 10.2. The quantitative estimate of drug-likeness (QED) is 0.423. The Balaban J connectivity index is 0. The maximum absolute atomic E-state index is 7.00. The number of nitrogens with zero attached hydrogens (tertiary/aromatic N) is 1. The van der Waals surface area contributed by atoms with Crippen molar-refractivity contribution < 1.29 is 5.11 Å². The van der Waals surface area contributed by atoms with Crippen molar-refractivity contribution in [3.05, 3.63) is 89.5 Å². The Morgan fingerprint density at radius 3 is 1.83 bits per heavy atom. The molecule has 0 spiro atoms. The van der Waals surface area contributed by atoms with Crippen LogP contribution in [0.5, 0.6) is 0 Å². The van der Waals surface area contributed by atoms with Gasteiger partial charge in [-0.1, -0.05) is 87.5 Å². The number of hydrogen-bond acceptors (Lipinski definition) is 2. The Labute approximate surface area is 179 Å². The molecule has 0 aliphatic heterocycles. The van der Waals surface area contributed by atoms with E-state index in [9.17, 15) is 0 Å². The van der Waals surface area contributed by atoms with Gasteiger partial charge in [0.2, 0.25) is 0 Å². The number of aliphatic imine (C=N–C) groups is 1. The summed E-state index contributed by atoms with van der Waals surface area (Å²) in [5.41, 5.74) is 8.55. The molecule has 0 aromatic heterocycles. The highest BCUT2D eigenvalue weighted by Crippen LogP contribution is 2.14.